The zero-order chi connectivity index (χ0) is 27.8. The van der Waals surface area contributed by atoms with Gasteiger partial charge in [-0.3, -0.25) is 9.59 Å². The Bertz CT molecular complexity index is 1220. The summed E-state index contributed by atoms with van der Waals surface area (Å²) in [6, 6.07) is 15.7. The number of carbonyl (C=O) groups is 2. The molecule has 0 aliphatic heterocycles. The monoisotopic (exact) mass is 524 g/mol. The minimum Gasteiger partial charge on any atom is -0.469 e. The Hall–Kier alpha value is -3.49. The van der Waals surface area contributed by atoms with Gasteiger partial charge >= 0.3 is 5.97 Å². The number of hydrogen-bond acceptors (Lipinski definition) is 5. The van der Waals surface area contributed by atoms with Gasteiger partial charge in [-0.25, -0.2) is 4.39 Å². The number of halogens is 1. The van der Waals surface area contributed by atoms with Crippen molar-refractivity contribution in [3.05, 3.63) is 71.8 Å². The second-order valence-electron chi connectivity index (χ2n) is 9.60. The molecule has 2 unspecified atom stereocenters. The van der Waals surface area contributed by atoms with Crippen LogP contribution < -0.4 is 5.32 Å². The molecule has 0 spiro atoms. The van der Waals surface area contributed by atoms with Crippen molar-refractivity contribution in [3.63, 3.8) is 0 Å². The first-order valence-corrected chi connectivity index (χ1v) is 13.0. The summed E-state index contributed by atoms with van der Waals surface area (Å²) < 4.78 is 20.5. The van der Waals surface area contributed by atoms with E-state index < -0.39 is 18.2 Å². The molecule has 0 bridgehead atoms. The predicted octanol–water partition coefficient (Wildman–Crippen LogP) is 4.90. The molecule has 204 valence electrons. The average Bonchev–Trinajstić information content (AvgIpc) is 3.24. The zero-order valence-corrected chi connectivity index (χ0v) is 22.4. The highest BCUT2D eigenvalue weighted by Gasteiger charge is 2.30. The summed E-state index contributed by atoms with van der Waals surface area (Å²) in [5.41, 5.74) is 4.48. The molecule has 0 saturated carbocycles. The lowest BCUT2D eigenvalue weighted by atomic mass is 9.92. The second-order valence-corrected chi connectivity index (χ2v) is 9.60. The van der Waals surface area contributed by atoms with Crippen LogP contribution in [0, 0.1) is 5.82 Å². The maximum Gasteiger partial charge on any atom is 0.308 e. The van der Waals surface area contributed by atoms with Crippen LogP contribution in [0.25, 0.3) is 22.3 Å². The van der Waals surface area contributed by atoms with Crippen LogP contribution in [0.15, 0.2) is 54.6 Å². The normalized spacial score (nSPS) is 12.8. The van der Waals surface area contributed by atoms with E-state index in [2.05, 4.69) is 10.1 Å². The number of aromatic nitrogens is 1. The molecule has 38 heavy (non-hydrogen) atoms. The Morgan fingerprint density at radius 2 is 1.61 bits per heavy atom. The smallest absolute Gasteiger partial charge is 0.308 e. The molecule has 0 aliphatic rings. The number of benzene rings is 2. The predicted molar refractivity (Wildman–Crippen MR) is 145 cm³/mol. The van der Waals surface area contributed by atoms with Crippen molar-refractivity contribution >= 4 is 11.9 Å². The van der Waals surface area contributed by atoms with Crippen molar-refractivity contribution in [1.29, 1.82) is 0 Å². The quantitative estimate of drug-likeness (QED) is 0.293. The number of ether oxygens (including phenoxy) is 1. The number of hydrogen-bond donors (Lipinski definition) is 3. The second kappa shape index (κ2) is 13.3. The van der Waals surface area contributed by atoms with Crippen LogP contribution in [-0.4, -0.2) is 52.5 Å². The average molecular weight is 525 g/mol. The van der Waals surface area contributed by atoms with Crippen molar-refractivity contribution < 1.29 is 28.9 Å². The van der Waals surface area contributed by atoms with Crippen LogP contribution >= 0.6 is 0 Å². The Kier molecular flexibility index (Phi) is 10.2. The fourth-order valence-electron chi connectivity index (χ4n) is 4.83. The van der Waals surface area contributed by atoms with E-state index in [4.69, 9.17) is 0 Å². The Morgan fingerprint density at radius 1 is 0.974 bits per heavy atom. The van der Waals surface area contributed by atoms with E-state index >= 15 is 0 Å². The highest BCUT2D eigenvalue weighted by atomic mass is 19.1. The first-order chi connectivity index (χ1) is 18.2. The molecule has 1 heterocycles. The van der Waals surface area contributed by atoms with Crippen LogP contribution in [0.1, 0.15) is 62.3 Å². The summed E-state index contributed by atoms with van der Waals surface area (Å²) in [6.07, 6.45) is -1.44. The lowest BCUT2D eigenvalue weighted by Crippen LogP contribution is -2.27. The topological polar surface area (TPSA) is 101 Å². The lowest BCUT2D eigenvalue weighted by Gasteiger charge is -2.20. The maximum atomic E-state index is 13.9. The highest BCUT2D eigenvalue weighted by Crippen LogP contribution is 2.42. The van der Waals surface area contributed by atoms with Gasteiger partial charge < -0.3 is 24.8 Å². The molecular weight excluding hydrogens is 487 g/mol. The van der Waals surface area contributed by atoms with Crippen molar-refractivity contribution in [2.75, 3.05) is 13.7 Å². The third-order valence-electron chi connectivity index (χ3n) is 6.46. The van der Waals surface area contributed by atoms with Crippen LogP contribution in [0.3, 0.4) is 0 Å². The molecule has 7 nitrogen and oxygen atoms in total. The standard InChI is InChI=1S/C30H37FN2O5/c1-5-32-30(37)29-28(20-9-7-6-8-10-20)27(21-11-13-22(31)14-12-21)25(33(29)19(2)3)16-15-23(34)17-24(35)18-26(36)38-4/h6-14,19,23-24,34-35H,5,15-18H2,1-4H3,(H,32,37). The van der Waals surface area contributed by atoms with Crippen LogP contribution in [0.4, 0.5) is 4.39 Å². The summed E-state index contributed by atoms with van der Waals surface area (Å²) in [7, 11) is 1.25. The van der Waals surface area contributed by atoms with Gasteiger partial charge in [0, 0.05) is 29.4 Å². The van der Waals surface area contributed by atoms with Gasteiger partial charge in [0.05, 0.1) is 25.7 Å². The summed E-state index contributed by atoms with van der Waals surface area (Å²) in [6.45, 7) is 6.30. The van der Waals surface area contributed by atoms with E-state index in [-0.39, 0.29) is 37.0 Å². The lowest BCUT2D eigenvalue weighted by molar-refractivity contribution is -0.143. The van der Waals surface area contributed by atoms with Crippen molar-refractivity contribution in [2.24, 2.45) is 0 Å². The van der Waals surface area contributed by atoms with Gasteiger partial charge in [-0.2, -0.15) is 0 Å². The van der Waals surface area contributed by atoms with Crippen LogP contribution in [0.5, 0.6) is 0 Å². The van der Waals surface area contributed by atoms with Gasteiger partial charge in [-0.05, 0) is 63.3 Å². The van der Waals surface area contributed by atoms with E-state index in [9.17, 15) is 24.2 Å². The van der Waals surface area contributed by atoms with E-state index in [1.54, 1.807) is 12.1 Å². The molecular formula is C30H37FN2O5. The van der Waals surface area contributed by atoms with Gasteiger partial charge in [0.1, 0.15) is 11.5 Å². The SMILES string of the molecule is CCNC(=O)c1c(-c2ccccc2)c(-c2ccc(F)cc2)c(CCC(O)CC(O)CC(=O)OC)n1C(C)C. The Morgan fingerprint density at radius 3 is 2.18 bits per heavy atom. The molecule has 8 heteroatoms. The Labute approximate surface area is 223 Å². The first-order valence-electron chi connectivity index (χ1n) is 13.0. The number of amides is 1. The highest BCUT2D eigenvalue weighted by molar-refractivity contribution is 6.05. The summed E-state index contributed by atoms with van der Waals surface area (Å²) >= 11 is 0. The van der Waals surface area contributed by atoms with Crippen molar-refractivity contribution in [3.8, 4) is 22.3 Å². The van der Waals surface area contributed by atoms with E-state index in [0.29, 0.717) is 18.7 Å². The number of nitrogens with one attached hydrogen (secondary N) is 1. The van der Waals surface area contributed by atoms with Crippen molar-refractivity contribution in [2.45, 2.75) is 64.7 Å². The minimum atomic E-state index is -1.03. The number of aliphatic hydroxyl groups is 2. The van der Waals surface area contributed by atoms with E-state index in [0.717, 1.165) is 27.9 Å². The molecule has 3 N–H and O–H groups in total. The number of rotatable bonds is 12. The largest absolute Gasteiger partial charge is 0.469 e. The van der Waals surface area contributed by atoms with Crippen LogP contribution in [-0.2, 0) is 16.0 Å². The summed E-state index contributed by atoms with van der Waals surface area (Å²) in [4.78, 5) is 25.0. The molecule has 3 aromatic rings. The van der Waals surface area contributed by atoms with Gasteiger partial charge in [0.2, 0.25) is 0 Å². The number of nitrogens with zero attached hydrogens (tertiary/aromatic N) is 1. The minimum absolute atomic E-state index is 0.0120. The molecule has 0 aliphatic carbocycles. The zero-order valence-electron chi connectivity index (χ0n) is 22.4. The van der Waals surface area contributed by atoms with Gasteiger partial charge in [0.25, 0.3) is 5.91 Å². The Balaban J connectivity index is 2.16. The molecule has 0 saturated heterocycles. The fourth-order valence-corrected chi connectivity index (χ4v) is 4.83. The number of methoxy groups -OCH3 is 1. The third kappa shape index (κ3) is 6.88. The van der Waals surface area contributed by atoms with E-state index in [1.807, 2.05) is 55.7 Å². The molecule has 1 aromatic heterocycles. The first kappa shape index (κ1) is 29.1. The summed E-state index contributed by atoms with van der Waals surface area (Å²) in [5, 5.41) is 23.9. The van der Waals surface area contributed by atoms with Gasteiger partial charge in [0.15, 0.2) is 0 Å². The maximum absolute atomic E-state index is 13.9. The molecule has 2 atom stereocenters. The van der Waals surface area contributed by atoms with Gasteiger partial charge in [-0.1, -0.05) is 42.5 Å². The fraction of sp³-hybridized carbons (Fsp3) is 0.400. The van der Waals surface area contributed by atoms with Gasteiger partial charge in [-0.15, -0.1) is 0 Å². The number of esters is 1. The van der Waals surface area contributed by atoms with Crippen molar-refractivity contribution in [1.82, 2.24) is 9.88 Å². The van der Waals surface area contributed by atoms with E-state index in [1.165, 1.54) is 19.2 Å². The molecule has 3 rings (SSSR count). The summed E-state index contributed by atoms with van der Waals surface area (Å²) in [5.74, 6) is -1.13. The number of carbonyl (C=O) groups excluding carboxylic acids is 2. The molecule has 2 aromatic carbocycles. The number of aliphatic hydroxyl groups excluding tert-OH is 2. The molecule has 1 amide bonds. The molecule has 0 radical (unpaired) electrons. The third-order valence-corrected chi connectivity index (χ3v) is 6.46. The van der Waals surface area contributed by atoms with Crippen LogP contribution in [0.2, 0.25) is 0 Å². The molecule has 0 fully saturated rings.